The van der Waals surface area contributed by atoms with Crippen LogP contribution in [0.4, 0.5) is 5.69 Å². The van der Waals surface area contributed by atoms with Crippen LogP contribution >= 0.6 is 0 Å². The fraction of sp³-hybridized carbons (Fsp3) is 0.588. The largest absolute Gasteiger partial charge is 0.458 e. The van der Waals surface area contributed by atoms with Gasteiger partial charge in [-0.2, -0.15) is 0 Å². The van der Waals surface area contributed by atoms with Gasteiger partial charge < -0.3 is 9.47 Å². The highest BCUT2D eigenvalue weighted by molar-refractivity contribution is 5.89. The molecule has 1 saturated heterocycles. The van der Waals surface area contributed by atoms with Crippen LogP contribution in [0.1, 0.15) is 43.5 Å². The van der Waals surface area contributed by atoms with E-state index >= 15 is 0 Å². The van der Waals surface area contributed by atoms with Gasteiger partial charge >= 0.3 is 5.97 Å². The first-order valence-corrected chi connectivity index (χ1v) is 7.89. The van der Waals surface area contributed by atoms with E-state index < -0.39 is 10.9 Å². The Morgan fingerprint density at radius 1 is 1.30 bits per heavy atom. The Hall–Kier alpha value is -1.95. The van der Waals surface area contributed by atoms with Crippen LogP contribution in [-0.4, -0.2) is 30.2 Å². The molecule has 2 aliphatic rings. The highest BCUT2D eigenvalue weighted by atomic mass is 16.6. The third-order valence-corrected chi connectivity index (χ3v) is 5.67. The summed E-state index contributed by atoms with van der Waals surface area (Å²) in [7, 11) is 0. The number of non-ortho nitro benzene ring substituents is 1. The van der Waals surface area contributed by atoms with Gasteiger partial charge in [0, 0.05) is 23.0 Å². The molecule has 1 saturated carbocycles. The number of hydrogen-bond acceptors (Lipinski definition) is 5. The predicted molar refractivity (Wildman–Crippen MR) is 83.2 cm³/mol. The van der Waals surface area contributed by atoms with Crippen molar-refractivity contribution in [2.75, 3.05) is 13.2 Å². The van der Waals surface area contributed by atoms with Crippen LogP contribution in [0.25, 0.3) is 0 Å². The fourth-order valence-electron chi connectivity index (χ4n) is 3.77. The first kappa shape index (κ1) is 15.9. The van der Waals surface area contributed by atoms with Gasteiger partial charge in [0.2, 0.25) is 0 Å². The van der Waals surface area contributed by atoms with Crippen molar-refractivity contribution >= 4 is 11.7 Å². The third kappa shape index (κ3) is 2.61. The van der Waals surface area contributed by atoms with Crippen molar-refractivity contribution in [2.45, 2.75) is 39.2 Å². The van der Waals surface area contributed by atoms with E-state index in [1.54, 1.807) is 0 Å². The molecule has 6 nitrogen and oxygen atoms in total. The molecular weight excluding hydrogens is 298 g/mol. The Morgan fingerprint density at radius 2 is 2.00 bits per heavy atom. The number of rotatable bonds is 3. The number of carbonyl (C=O) groups is 1. The molecule has 1 aromatic carbocycles. The maximum atomic E-state index is 12.4. The van der Waals surface area contributed by atoms with E-state index in [4.69, 9.17) is 9.47 Å². The molecule has 0 spiro atoms. The Bertz CT molecular complexity index is 628. The van der Waals surface area contributed by atoms with Crippen molar-refractivity contribution in [1.82, 2.24) is 0 Å². The lowest BCUT2D eigenvalue weighted by Gasteiger charge is -2.48. The number of carbonyl (C=O) groups excluding carboxylic acids is 1. The maximum absolute atomic E-state index is 12.4. The SMILES string of the molecule is C[C@]12CCC[C@@H](OC(=O)c3ccc([N+](=O)[O-])cc3)[C@@]1(C)COC2. The van der Waals surface area contributed by atoms with Gasteiger partial charge in [-0.05, 0) is 31.4 Å². The second-order valence-electron chi connectivity index (χ2n) is 7.06. The summed E-state index contributed by atoms with van der Waals surface area (Å²) in [6, 6.07) is 5.52. The lowest BCUT2D eigenvalue weighted by atomic mass is 9.58. The molecule has 124 valence electrons. The second kappa shape index (κ2) is 5.60. The molecule has 3 atom stereocenters. The molecule has 0 bridgehead atoms. The van der Waals surface area contributed by atoms with Crippen LogP contribution in [0, 0.1) is 20.9 Å². The Labute approximate surface area is 134 Å². The fourth-order valence-corrected chi connectivity index (χ4v) is 3.77. The zero-order chi connectivity index (χ0) is 16.7. The zero-order valence-electron chi connectivity index (χ0n) is 13.4. The summed E-state index contributed by atoms with van der Waals surface area (Å²) in [6.07, 6.45) is 2.73. The lowest BCUT2D eigenvalue weighted by Crippen LogP contribution is -2.50. The molecule has 1 aliphatic heterocycles. The van der Waals surface area contributed by atoms with Gasteiger partial charge in [-0.25, -0.2) is 4.79 Å². The average Bonchev–Trinajstić information content (AvgIpc) is 2.84. The minimum atomic E-state index is -0.488. The normalized spacial score (nSPS) is 33.0. The molecule has 0 amide bonds. The van der Waals surface area contributed by atoms with Gasteiger partial charge in [0.25, 0.3) is 5.69 Å². The van der Waals surface area contributed by atoms with Crippen LogP contribution in [-0.2, 0) is 9.47 Å². The summed E-state index contributed by atoms with van der Waals surface area (Å²) in [6.45, 7) is 5.63. The molecule has 0 N–H and O–H groups in total. The molecule has 2 fully saturated rings. The maximum Gasteiger partial charge on any atom is 0.338 e. The molecule has 0 aromatic heterocycles. The van der Waals surface area contributed by atoms with E-state index in [2.05, 4.69) is 13.8 Å². The number of nitro groups is 1. The van der Waals surface area contributed by atoms with E-state index in [-0.39, 0.29) is 22.6 Å². The minimum Gasteiger partial charge on any atom is -0.458 e. The third-order valence-electron chi connectivity index (χ3n) is 5.67. The van der Waals surface area contributed by atoms with Crippen LogP contribution in [0.15, 0.2) is 24.3 Å². The Balaban J connectivity index is 1.75. The lowest BCUT2D eigenvalue weighted by molar-refractivity contribution is -0.384. The number of hydrogen-bond donors (Lipinski definition) is 0. The molecule has 6 heteroatoms. The number of nitrogens with zero attached hydrogens (tertiary/aromatic N) is 1. The summed E-state index contributed by atoms with van der Waals surface area (Å²) in [4.78, 5) is 22.6. The summed E-state index contributed by atoms with van der Waals surface area (Å²) >= 11 is 0. The molecule has 0 unspecified atom stereocenters. The van der Waals surface area contributed by atoms with Gasteiger partial charge in [-0.1, -0.05) is 13.8 Å². The van der Waals surface area contributed by atoms with Crippen molar-refractivity contribution in [3.05, 3.63) is 39.9 Å². The van der Waals surface area contributed by atoms with Crippen molar-refractivity contribution < 1.29 is 19.2 Å². The number of benzene rings is 1. The molecule has 1 aliphatic carbocycles. The number of fused-ring (bicyclic) bond motifs is 1. The monoisotopic (exact) mass is 319 g/mol. The van der Waals surface area contributed by atoms with E-state index in [1.807, 2.05) is 0 Å². The van der Waals surface area contributed by atoms with Gasteiger partial charge in [0.05, 0.1) is 23.7 Å². The van der Waals surface area contributed by atoms with Gasteiger partial charge in [-0.3, -0.25) is 10.1 Å². The average molecular weight is 319 g/mol. The molecule has 1 aromatic rings. The van der Waals surface area contributed by atoms with Crippen LogP contribution < -0.4 is 0 Å². The highest BCUT2D eigenvalue weighted by Crippen LogP contribution is 2.55. The van der Waals surface area contributed by atoms with Gasteiger partial charge in [0.15, 0.2) is 0 Å². The quantitative estimate of drug-likeness (QED) is 0.485. The van der Waals surface area contributed by atoms with Crippen molar-refractivity contribution in [2.24, 2.45) is 10.8 Å². The molecular formula is C17H21NO5. The predicted octanol–water partition coefficient (Wildman–Crippen LogP) is 3.35. The van der Waals surface area contributed by atoms with Crippen LogP contribution in [0.5, 0.6) is 0 Å². The Kier molecular flexibility index (Phi) is 3.88. The first-order chi connectivity index (χ1) is 10.9. The number of esters is 1. The standard InChI is InChI=1S/C17H21NO5/c1-16-9-3-4-14(17(16,2)11-22-10-16)23-15(19)12-5-7-13(8-6-12)18(20)21/h5-8,14H,3-4,9-11H2,1-2H3/t14-,16-,17-/m1/s1. The van der Waals surface area contributed by atoms with Crippen LogP contribution in [0.3, 0.4) is 0 Å². The topological polar surface area (TPSA) is 78.7 Å². The molecule has 0 radical (unpaired) electrons. The molecule has 23 heavy (non-hydrogen) atoms. The summed E-state index contributed by atoms with van der Waals surface area (Å²) in [5, 5.41) is 10.7. The minimum absolute atomic E-state index is 0.0334. The van der Waals surface area contributed by atoms with Crippen molar-refractivity contribution in [3.63, 3.8) is 0 Å². The Morgan fingerprint density at radius 3 is 2.65 bits per heavy atom. The highest BCUT2D eigenvalue weighted by Gasteiger charge is 2.57. The van der Waals surface area contributed by atoms with Gasteiger partial charge in [-0.15, -0.1) is 0 Å². The number of ether oxygens (including phenoxy) is 2. The van der Waals surface area contributed by atoms with E-state index in [0.717, 1.165) is 19.3 Å². The molecule has 1 heterocycles. The smallest absolute Gasteiger partial charge is 0.338 e. The number of nitro benzene ring substituents is 1. The van der Waals surface area contributed by atoms with E-state index in [1.165, 1.54) is 24.3 Å². The molecule has 3 rings (SSSR count). The summed E-state index contributed by atoms with van der Waals surface area (Å²) < 4.78 is 11.5. The van der Waals surface area contributed by atoms with E-state index in [9.17, 15) is 14.9 Å². The van der Waals surface area contributed by atoms with Gasteiger partial charge in [0.1, 0.15) is 6.10 Å². The van der Waals surface area contributed by atoms with Crippen molar-refractivity contribution in [3.8, 4) is 0 Å². The van der Waals surface area contributed by atoms with Crippen molar-refractivity contribution in [1.29, 1.82) is 0 Å². The van der Waals surface area contributed by atoms with E-state index in [0.29, 0.717) is 18.8 Å². The first-order valence-electron chi connectivity index (χ1n) is 7.89. The second-order valence-corrected chi connectivity index (χ2v) is 7.06. The van der Waals surface area contributed by atoms with Crippen LogP contribution in [0.2, 0.25) is 0 Å². The summed E-state index contributed by atoms with van der Waals surface area (Å²) in [5.74, 6) is -0.428. The zero-order valence-corrected chi connectivity index (χ0v) is 13.4. The summed E-state index contributed by atoms with van der Waals surface area (Å²) in [5.41, 5.74) is 0.154.